The standard InChI is InChI=1S/C18H15N3O2/c1-11(2)21-16-8-3-12(10-19)9-15(16)20-17(21)13-4-6-14(7-5-13)18(22)23/h3-9,11H,1-2H3,(H,22,23). The first-order valence-electron chi connectivity index (χ1n) is 7.27. The molecule has 5 heteroatoms. The summed E-state index contributed by atoms with van der Waals surface area (Å²) in [5.74, 6) is -0.186. The normalized spacial score (nSPS) is 10.9. The van der Waals surface area contributed by atoms with Gasteiger partial charge in [0, 0.05) is 11.6 Å². The lowest BCUT2D eigenvalue weighted by Crippen LogP contribution is -2.03. The molecule has 0 aliphatic carbocycles. The minimum atomic E-state index is -0.951. The van der Waals surface area contributed by atoms with Crippen LogP contribution < -0.4 is 0 Å². The van der Waals surface area contributed by atoms with Crippen LogP contribution in [0.25, 0.3) is 22.4 Å². The van der Waals surface area contributed by atoms with Gasteiger partial charge in [-0.25, -0.2) is 9.78 Å². The lowest BCUT2D eigenvalue weighted by atomic mass is 10.1. The predicted octanol–water partition coefficient (Wildman–Crippen LogP) is 3.85. The Hall–Kier alpha value is -3.13. The van der Waals surface area contributed by atoms with Crippen LogP contribution in [0.5, 0.6) is 0 Å². The smallest absolute Gasteiger partial charge is 0.335 e. The summed E-state index contributed by atoms with van der Waals surface area (Å²) in [6.45, 7) is 4.13. The Labute approximate surface area is 133 Å². The van der Waals surface area contributed by atoms with Gasteiger partial charge < -0.3 is 9.67 Å². The number of benzene rings is 2. The van der Waals surface area contributed by atoms with Crippen molar-refractivity contribution in [2.24, 2.45) is 0 Å². The van der Waals surface area contributed by atoms with Crippen LogP contribution in [0.4, 0.5) is 0 Å². The second kappa shape index (κ2) is 5.58. The number of carboxylic acids is 1. The second-order valence-corrected chi connectivity index (χ2v) is 5.60. The number of rotatable bonds is 3. The summed E-state index contributed by atoms with van der Waals surface area (Å²) in [7, 11) is 0. The molecule has 0 bridgehead atoms. The van der Waals surface area contributed by atoms with Gasteiger partial charge in [0.25, 0.3) is 0 Å². The quantitative estimate of drug-likeness (QED) is 0.797. The van der Waals surface area contributed by atoms with Crippen LogP contribution in [0, 0.1) is 11.3 Å². The second-order valence-electron chi connectivity index (χ2n) is 5.60. The summed E-state index contributed by atoms with van der Waals surface area (Å²) >= 11 is 0. The first-order chi connectivity index (χ1) is 11.0. The van der Waals surface area contributed by atoms with E-state index in [1.54, 1.807) is 36.4 Å². The fourth-order valence-electron chi connectivity index (χ4n) is 2.66. The Bertz CT molecular complexity index is 931. The highest BCUT2D eigenvalue weighted by Gasteiger charge is 2.15. The van der Waals surface area contributed by atoms with Gasteiger partial charge in [-0.15, -0.1) is 0 Å². The third-order valence-corrected chi connectivity index (χ3v) is 3.73. The van der Waals surface area contributed by atoms with Gasteiger partial charge in [-0.1, -0.05) is 12.1 Å². The molecule has 0 radical (unpaired) electrons. The summed E-state index contributed by atoms with van der Waals surface area (Å²) < 4.78 is 2.09. The van der Waals surface area contributed by atoms with E-state index in [1.165, 1.54) is 0 Å². The molecular weight excluding hydrogens is 290 g/mol. The molecule has 5 nitrogen and oxygen atoms in total. The van der Waals surface area contributed by atoms with Gasteiger partial charge in [0.2, 0.25) is 0 Å². The lowest BCUT2D eigenvalue weighted by molar-refractivity contribution is 0.0697. The lowest BCUT2D eigenvalue weighted by Gasteiger charge is -2.13. The van der Waals surface area contributed by atoms with E-state index in [1.807, 2.05) is 6.07 Å². The van der Waals surface area contributed by atoms with Crippen molar-refractivity contribution >= 4 is 17.0 Å². The van der Waals surface area contributed by atoms with E-state index in [9.17, 15) is 4.79 Å². The summed E-state index contributed by atoms with van der Waals surface area (Å²) in [5, 5.41) is 18.1. The fourth-order valence-corrected chi connectivity index (χ4v) is 2.66. The number of carbonyl (C=O) groups is 1. The van der Waals surface area contributed by atoms with Crippen LogP contribution in [0.15, 0.2) is 42.5 Å². The van der Waals surface area contributed by atoms with Crippen LogP contribution in [0.3, 0.4) is 0 Å². The molecule has 1 N–H and O–H groups in total. The molecule has 0 saturated carbocycles. The third kappa shape index (κ3) is 2.55. The number of nitrogens with zero attached hydrogens (tertiary/aromatic N) is 3. The average molecular weight is 305 g/mol. The number of imidazole rings is 1. The number of fused-ring (bicyclic) bond motifs is 1. The highest BCUT2D eigenvalue weighted by atomic mass is 16.4. The van der Waals surface area contributed by atoms with Crippen molar-refractivity contribution in [2.75, 3.05) is 0 Å². The zero-order valence-corrected chi connectivity index (χ0v) is 12.8. The van der Waals surface area contributed by atoms with Crippen LogP contribution in [0.2, 0.25) is 0 Å². The summed E-state index contributed by atoms with van der Waals surface area (Å²) in [6.07, 6.45) is 0. The Morgan fingerprint density at radius 2 is 1.91 bits per heavy atom. The van der Waals surface area contributed by atoms with Crippen LogP contribution in [-0.2, 0) is 0 Å². The average Bonchev–Trinajstić information content (AvgIpc) is 2.93. The summed E-state index contributed by atoms with van der Waals surface area (Å²) in [6, 6.07) is 14.4. The highest BCUT2D eigenvalue weighted by Crippen LogP contribution is 2.29. The molecule has 114 valence electrons. The number of aromatic carboxylic acids is 1. The van der Waals surface area contributed by atoms with E-state index in [2.05, 4.69) is 29.5 Å². The summed E-state index contributed by atoms with van der Waals surface area (Å²) in [5.41, 5.74) is 3.37. The van der Waals surface area contributed by atoms with E-state index < -0.39 is 5.97 Å². The number of aromatic nitrogens is 2. The first kappa shape index (κ1) is 14.8. The van der Waals surface area contributed by atoms with Gasteiger partial charge in [-0.2, -0.15) is 5.26 Å². The molecule has 3 aromatic rings. The molecule has 1 heterocycles. The Morgan fingerprint density at radius 1 is 1.22 bits per heavy atom. The molecule has 2 aromatic carbocycles. The van der Waals surface area contributed by atoms with Crippen molar-refractivity contribution in [3.63, 3.8) is 0 Å². The molecule has 0 fully saturated rings. The molecule has 3 rings (SSSR count). The van der Waals surface area contributed by atoms with E-state index >= 15 is 0 Å². The molecular formula is C18H15N3O2. The monoisotopic (exact) mass is 305 g/mol. The molecule has 0 amide bonds. The minimum Gasteiger partial charge on any atom is -0.478 e. The number of carboxylic acid groups (broad SMARTS) is 1. The predicted molar refractivity (Wildman–Crippen MR) is 87.2 cm³/mol. The molecule has 0 unspecified atom stereocenters. The van der Waals surface area contributed by atoms with Gasteiger partial charge in [0.15, 0.2) is 0 Å². The van der Waals surface area contributed by atoms with E-state index in [-0.39, 0.29) is 11.6 Å². The highest BCUT2D eigenvalue weighted by molar-refractivity contribution is 5.88. The van der Waals surface area contributed by atoms with Crippen LogP contribution >= 0.6 is 0 Å². The molecule has 0 saturated heterocycles. The minimum absolute atomic E-state index is 0.182. The fraction of sp³-hybridized carbons (Fsp3) is 0.167. The maximum atomic E-state index is 11.0. The van der Waals surface area contributed by atoms with Gasteiger partial charge in [0.05, 0.1) is 28.2 Å². The molecule has 0 aliphatic heterocycles. The van der Waals surface area contributed by atoms with Gasteiger partial charge in [0.1, 0.15) is 5.82 Å². The molecule has 0 spiro atoms. The molecule has 1 aromatic heterocycles. The van der Waals surface area contributed by atoms with Crippen LogP contribution in [0.1, 0.15) is 35.8 Å². The molecule has 23 heavy (non-hydrogen) atoms. The van der Waals surface area contributed by atoms with Crippen molar-refractivity contribution in [1.29, 1.82) is 5.26 Å². The van der Waals surface area contributed by atoms with Crippen molar-refractivity contribution < 1.29 is 9.90 Å². The molecule has 0 aliphatic rings. The van der Waals surface area contributed by atoms with Crippen molar-refractivity contribution in [2.45, 2.75) is 19.9 Å². The van der Waals surface area contributed by atoms with Crippen molar-refractivity contribution in [3.05, 3.63) is 53.6 Å². The number of hydrogen-bond donors (Lipinski definition) is 1. The van der Waals surface area contributed by atoms with Gasteiger partial charge in [-0.3, -0.25) is 0 Å². The van der Waals surface area contributed by atoms with Gasteiger partial charge in [-0.05, 0) is 44.2 Å². The van der Waals surface area contributed by atoms with E-state index in [0.717, 1.165) is 22.4 Å². The maximum Gasteiger partial charge on any atom is 0.335 e. The Kier molecular flexibility index (Phi) is 3.59. The first-order valence-corrected chi connectivity index (χ1v) is 7.27. The third-order valence-electron chi connectivity index (χ3n) is 3.73. The topological polar surface area (TPSA) is 78.9 Å². The van der Waals surface area contributed by atoms with Crippen molar-refractivity contribution in [1.82, 2.24) is 9.55 Å². The zero-order valence-electron chi connectivity index (χ0n) is 12.8. The number of hydrogen-bond acceptors (Lipinski definition) is 3. The van der Waals surface area contributed by atoms with Crippen molar-refractivity contribution in [3.8, 4) is 17.5 Å². The van der Waals surface area contributed by atoms with Gasteiger partial charge >= 0.3 is 5.97 Å². The largest absolute Gasteiger partial charge is 0.478 e. The number of nitriles is 1. The molecule has 0 atom stereocenters. The zero-order chi connectivity index (χ0) is 16.6. The van der Waals surface area contributed by atoms with E-state index in [0.29, 0.717) is 5.56 Å². The summed E-state index contributed by atoms with van der Waals surface area (Å²) in [4.78, 5) is 15.6. The van der Waals surface area contributed by atoms with Crippen LogP contribution in [-0.4, -0.2) is 20.6 Å². The van der Waals surface area contributed by atoms with E-state index in [4.69, 9.17) is 10.4 Å². The SMILES string of the molecule is CC(C)n1c(-c2ccc(C(=O)O)cc2)nc2cc(C#N)ccc21. The Morgan fingerprint density at radius 3 is 2.48 bits per heavy atom. The Balaban J connectivity index is 2.21. The maximum absolute atomic E-state index is 11.0.